The summed E-state index contributed by atoms with van der Waals surface area (Å²) >= 11 is 1.19. The largest absolute Gasteiger partial charge is 0.493 e. The first-order valence-electron chi connectivity index (χ1n) is 6.03. The predicted octanol–water partition coefficient (Wildman–Crippen LogP) is 2.63. The van der Waals surface area contributed by atoms with Crippen LogP contribution in [0.3, 0.4) is 0 Å². The number of thiophene rings is 1. The highest BCUT2D eigenvalue weighted by Crippen LogP contribution is 2.27. The number of carboxylic acids is 1. The number of hydrogen-bond acceptors (Lipinski definition) is 4. The van der Waals surface area contributed by atoms with Crippen LogP contribution < -0.4 is 10.1 Å². The van der Waals surface area contributed by atoms with Gasteiger partial charge >= 0.3 is 5.97 Å². The average Bonchev–Trinajstić information content (AvgIpc) is 3.05. The standard InChI is InChI=1S/C14H11NO4S/c16-12(15-13-10(14(17)18)4-6-20-13)9-1-2-11-8(7-9)3-5-19-11/h1-2,4,6-7H,3,5H2,(H,15,16)(H,17,18). The second kappa shape index (κ2) is 4.97. The summed E-state index contributed by atoms with van der Waals surface area (Å²) < 4.78 is 5.38. The summed E-state index contributed by atoms with van der Waals surface area (Å²) in [5.41, 5.74) is 1.61. The Hall–Kier alpha value is -2.34. The van der Waals surface area contributed by atoms with Crippen LogP contribution in [-0.4, -0.2) is 23.6 Å². The molecule has 0 radical (unpaired) electrons. The van der Waals surface area contributed by atoms with E-state index in [0.29, 0.717) is 17.2 Å². The fourth-order valence-electron chi connectivity index (χ4n) is 2.08. The van der Waals surface area contributed by atoms with Crippen molar-refractivity contribution in [1.29, 1.82) is 0 Å². The van der Waals surface area contributed by atoms with Crippen molar-refractivity contribution in [2.45, 2.75) is 6.42 Å². The SMILES string of the molecule is O=C(Nc1sccc1C(=O)O)c1ccc2c(c1)CCO2. The molecule has 0 saturated carbocycles. The van der Waals surface area contributed by atoms with E-state index in [9.17, 15) is 9.59 Å². The van der Waals surface area contributed by atoms with E-state index >= 15 is 0 Å². The Balaban J connectivity index is 1.83. The first-order chi connectivity index (χ1) is 9.65. The monoisotopic (exact) mass is 289 g/mol. The number of carbonyl (C=O) groups excluding carboxylic acids is 1. The van der Waals surface area contributed by atoms with Crippen molar-refractivity contribution in [2.75, 3.05) is 11.9 Å². The summed E-state index contributed by atoms with van der Waals surface area (Å²) in [4.78, 5) is 23.1. The Labute approximate surface area is 118 Å². The van der Waals surface area contributed by atoms with E-state index in [2.05, 4.69) is 5.32 Å². The van der Waals surface area contributed by atoms with Crippen LogP contribution in [0.2, 0.25) is 0 Å². The molecule has 102 valence electrons. The van der Waals surface area contributed by atoms with Gasteiger partial charge in [-0.2, -0.15) is 0 Å². The molecule has 6 heteroatoms. The molecule has 1 aromatic heterocycles. The molecule has 1 aliphatic heterocycles. The minimum absolute atomic E-state index is 0.104. The lowest BCUT2D eigenvalue weighted by atomic mass is 10.1. The smallest absolute Gasteiger partial charge is 0.338 e. The van der Waals surface area contributed by atoms with Gasteiger partial charge in [-0.1, -0.05) is 0 Å². The maximum absolute atomic E-state index is 12.1. The highest BCUT2D eigenvalue weighted by Gasteiger charge is 2.17. The number of carbonyl (C=O) groups is 2. The summed E-state index contributed by atoms with van der Waals surface area (Å²) in [5.74, 6) is -0.558. The molecule has 2 heterocycles. The lowest BCUT2D eigenvalue weighted by Crippen LogP contribution is -2.13. The predicted molar refractivity (Wildman–Crippen MR) is 74.9 cm³/mol. The van der Waals surface area contributed by atoms with Crippen LogP contribution in [0.5, 0.6) is 5.75 Å². The summed E-state index contributed by atoms with van der Waals surface area (Å²) in [7, 11) is 0. The van der Waals surface area contributed by atoms with Crippen LogP contribution in [0.15, 0.2) is 29.6 Å². The summed E-state index contributed by atoms with van der Waals surface area (Å²) in [6.07, 6.45) is 0.788. The van der Waals surface area contributed by atoms with Crippen molar-refractivity contribution in [3.8, 4) is 5.75 Å². The second-order valence-corrected chi connectivity index (χ2v) is 5.26. The molecule has 0 atom stereocenters. The molecular formula is C14H11NO4S. The van der Waals surface area contributed by atoms with Gasteiger partial charge in [-0.05, 0) is 35.2 Å². The molecule has 2 N–H and O–H groups in total. The number of anilines is 1. The molecule has 5 nitrogen and oxygen atoms in total. The van der Waals surface area contributed by atoms with Gasteiger partial charge < -0.3 is 15.2 Å². The van der Waals surface area contributed by atoms with Crippen molar-refractivity contribution in [3.05, 3.63) is 46.3 Å². The average molecular weight is 289 g/mol. The van der Waals surface area contributed by atoms with Crippen LogP contribution in [0, 0.1) is 0 Å². The van der Waals surface area contributed by atoms with Gasteiger partial charge in [0.05, 0.1) is 12.2 Å². The highest BCUT2D eigenvalue weighted by atomic mass is 32.1. The number of benzene rings is 1. The van der Waals surface area contributed by atoms with Gasteiger partial charge in [0, 0.05) is 12.0 Å². The first-order valence-corrected chi connectivity index (χ1v) is 6.91. The molecule has 0 bridgehead atoms. The first kappa shape index (κ1) is 12.7. The van der Waals surface area contributed by atoms with Crippen LogP contribution >= 0.6 is 11.3 Å². The zero-order chi connectivity index (χ0) is 14.1. The third-order valence-electron chi connectivity index (χ3n) is 3.07. The molecule has 0 unspecified atom stereocenters. The van der Waals surface area contributed by atoms with Crippen molar-refractivity contribution in [2.24, 2.45) is 0 Å². The van der Waals surface area contributed by atoms with Gasteiger partial charge in [0.1, 0.15) is 10.8 Å². The van der Waals surface area contributed by atoms with Gasteiger partial charge in [0.15, 0.2) is 0 Å². The van der Waals surface area contributed by atoms with Crippen LogP contribution in [-0.2, 0) is 6.42 Å². The van der Waals surface area contributed by atoms with Gasteiger partial charge in [-0.15, -0.1) is 11.3 Å². The maximum Gasteiger partial charge on any atom is 0.338 e. The van der Waals surface area contributed by atoms with E-state index in [1.807, 2.05) is 0 Å². The summed E-state index contributed by atoms with van der Waals surface area (Å²) in [6.45, 7) is 0.633. The molecule has 0 aliphatic carbocycles. The number of rotatable bonds is 3. The van der Waals surface area contributed by atoms with E-state index in [1.54, 1.807) is 23.6 Å². The van der Waals surface area contributed by atoms with Crippen LogP contribution in [0.4, 0.5) is 5.00 Å². The second-order valence-electron chi connectivity index (χ2n) is 4.34. The Morgan fingerprint density at radius 1 is 1.30 bits per heavy atom. The number of carboxylic acid groups (broad SMARTS) is 1. The normalized spacial score (nSPS) is 12.6. The zero-order valence-corrected chi connectivity index (χ0v) is 11.2. The molecule has 3 rings (SSSR count). The van der Waals surface area contributed by atoms with E-state index in [1.165, 1.54) is 17.4 Å². The Bertz CT molecular complexity index is 692. The molecular weight excluding hydrogens is 278 g/mol. The molecule has 0 fully saturated rings. The molecule has 1 aliphatic rings. The fourth-order valence-corrected chi connectivity index (χ4v) is 2.85. The minimum atomic E-state index is -1.05. The molecule has 2 aromatic rings. The minimum Gasteiger partial charge on any atom is -0.493 e. The van der Waals surface area contributed by atoms with E-state index < -0.39 is 5.97 Å². The van der Waals surface area contributed by atoms with Gasteiger partial charge in [-0.25, -0.2) is 4.79 Å². The summed E-state index contributed by atoms with van der Waals surface area (Å²) in [6, 6.07) is 6.70. The third-order valence-corrected chi connectivity index (χ3v) is 3.90. The van der Waals surface area contributed by atoms with Gasteiger partial charge in [-0.3, -0.25) is 4.79 Å². The molecule has 1 aromatic carbocycles. The van der Waals surface area contributed by atoms with Crippen LogP contribution in [0.25, 0.3) is 0 Å². The Morgan fingerprint density at radius 3 is 2.95 bits per heavy atom. The number of aromatic carboxylic acids is 1. The lowest BCUT2D eigenvalue weighted by molar-refractivity contribution is 0.0698. The topological polar surface area (TPSA) is 75.6 Å². The third kappa shape index (κ3) is 2.25. The number of amides is 1. The lowest BCUT2D eigenvalue weighted by Gasteiger charge is -2.06. The molecule has 0 spiro atoms. The highest BCUT2D eigenvalue weighted by molar-refractivity contribution is 7.14. The Morgan fingerprint density at radius 2 is 2.15 bits per heavy atom. The Kier molecular flexibility index (Phi) is 3.15. The molecule has 1 amide bonds. The van der Waals surface area contributed by atoms with Gasteiger partial charge in [0.25, 0.3) is 5.91 Å². The maximum atomic E-state index is 12.1. The van der Waals surface area contributed by atoms with Crippen molar-refractivity contribution >= 4 is 28.2 Å². The van der Waals surface area contributed by atoms with Crippen molar-refractivity contribution in [3.63, 3.8) is 0 Å². The zero-order valence-electron chi connectivity index (χ0n) is 10.4. The summed E-state index contributed by atoms with van der Waals surface area (Å²) in [5, 5.41) is 13.6. The fraction of sp³-hybridized carbons (Fsp3) is 0.143. The van der Waals surface area contributed by atoms with E-state index in [0.717, 1.165) is 17.7 Å². The van der Waals surface area contributed by atoms with Gasteiger partial charge in [0.2, 0.25) is 0 Å². The van der Waals surface area contributed by atoms with Crippen LogP contribution in [0.1, 0.15) is 26.3 Å². The number of nitrogens with one attached hydrogen (secondary N) is 1. The van der Waals surface area contributed by atoms with Crippen molar-refractivity contribution in [1.82, 2.24) is 0 Å². The van der Waals surface area contributed by atoms with E-state index in [4.69, 9.17) is 9.84 Å². The molecule has 0 saturated heterocycles. The van der Waals surface area contributed by atoms with Crippen molar-refractivity contribution < 1.29 is 19.4 Å². The number of hydrogen-bond donors (Lipinski definition) is 2. The quantitative estimate of drug-likeness (QED) is 0.910. The number of fused-ring (bicyclic) bond motifs is 1. The molecule has 20 heavy (non-hydrogen) atoms. The van der Waals surface area contributed by atoms with E-state index in [-0.39, 0.29) is 11.5 Å². The number of ether oxygens (including phenoxy) is 1.